The van der Waals surface area contributed by atoms with Crippen molar-refractivity contribution >= 4 is 12.0 Å². The van der Waals surface area contributed by atoms with E-state index in [9.17, 15) is 14.7 Å². The molecule has 1 saturated heterocycles. The smallest absolute Gasteiger partial charge is 0.326 e. The first kappa shape index (κ1) is 13.0. The van der Waals surface area contributed by atoms with Gasteiger partial charge in [0.25, 0.3) is 0 Å². The van der Waals surface area contributed by atoms with E-state index in [2.05, 4.69) is 0 Å². The van der Waals surface area contributed by atoms with Crippen molar-refractivity contribution in [1.82, 2.24) is 9.80 Å². The van der Waals surface area contributed by atoms with Gasteiger partial charge in [-0.15, -0.1) is 0 Å². The molecule has 1 aromatic rings. The quantitative estimate of drug-likeness (QED) is 0.913. The molecule has 0 unspecified atom stereocenters. The van der Waals surface area contributed by atoms with Gasteiger partial charge in [-0.2, -0.15) is 0 Å². The van der Waals surface area contributed by atoms with Crippen molar-refractivity contribution in [3.63, 3.8) is 0 Å². The molecular weight excluding hydrogens is 260 g/mol. The summed E-state index contributed by atoms with van der Waals surface area (Å²) in [7, 11) is 0. The molecule has 6 heteroatoms. The van der Waals surface area contributed by atoms with Crippen molar-refractivity contribution in [2.75, 3.05) is 6.54 Å². The minimum Gasteiger partial charge on any atom is -0.480 e. The molecule has 1 N–H and O–H groups in total. The maximum Gasteiger partial charge on any atom is 0.326 e. The Morgan fingerprint density at radius 2 is 2.20 bits per heavy atom. The molecule has 1 aliphatic heterocycles. The van der Waals surface area contributed by atoms with Gasteiger partial charge in [-0.1, -0.05) is 0 Å². The Bertz CT molecular complexity index is 495. The number of aliphatic carboxylic acids is 1. The van der Waals surface area contributed by atoms with Crippen LogP contribution in [0.15, 0.2) is 22.8 Å². The van der Waals surface area contributed by atoms with Gasteiger partial charge < -0.3 is 19.3 Å². The van der Waals surface area contributed by atoms with Crippen LogP contribution in [0, 0.1) is 0 Å². The van der Waals surface area contributed by atoms with Crippen LogP contribution >= 0.6 is 0 Å². The van der Waals surface area contributed by atoms with Gasteiger partial charge >= 0.3 is 12.0 Å². The number of furan rings is 1. The third-order valence-corrected chi connectivity index (χ3v) is 3.92. The summed E-state index contributed by atoms with van der Waals surface area (Å²) < 4.78 is 5.30. The van der Waals surface area contributed by atoms with Crippen LogP contribution in [-0.2, 0) is 11.3 Å². The number of urea groups is 1. The fraction of sp³-hybridized carbons (Fsp3) is 0.571. The number of rotatable bonds is 4. The first-order valence-corrected chi connectivity index (χ1v) is 6.99. The third kappa shape index (κ3) is 2.50. The topological polar surface area (TPSA) is 74.0 Å². The average molecular weight is 278 g/mol. The van der Waals surface area contributed by atoms with Crippen LogP contribution in [0.5, 0.6) is 0 Å². The molecule has 0 spiro atoms. The summed E-state index contributed by atoms with van der Waals surface area (Å²) in [4.78, 5) is 27.1. The van der Waals surface area contributed by atoms with Crippen molar-refractivity contribution in [3.05, 3.63) is 24.2 Å². The number of carboxylic acid groups (broad SMARTS) is 1. The van der Waals surface area contributed by atoms with Crippen molar-refractivity contribution in [2.45, 2.75) is 44.3 Å². The highest BCUT2D eigenvalue weighted by atomic mass is 16.4. The van der Waals surface area contributed by atoms with Crippen LogP contribution in [0.25, 0.3) is 0 Å². The van der Waals surface area contributed by atoms with Crippen LogP contribution in [0.4, 0.5) is 4.79 Å². The van der Waals surface area contributed by atoms with E-state index < -0.39 is 12.0 Å². The highest BCUT2D eigenvalue weighted by Crippen LogP contribution is 2.31. The zero-order chi connectivity index (χ0) is 14.1. The number of carboxylic acids is 1. The molecule has 2 heterocycles. The molecular formula is C14H18N2O4. The van der Waals surface area contributed by atoms with Gasteiger partial charge in [0, 0.05) is 12.6 Å². The molecule has 1 saturated carbocycles. The molecule has 20 heavy (non-hydrogen) atoms. The van der Waals surface area contributed by atoms with Crippen LogP contribution in [0.1, 0.15) is 31.4 Å². The van der Waals surface area contributed by atoms with Crippen LogP contribution in [-0.4, -0.2) is 45.5 Å². The molecule has 2 aliphatic rings. The molecule has 2 amide bonds. The predicted molar refractivity (Wildman–Crippen MR) is 70.0 cm³/mol. The van der Waals surface area contributed by atoms with E-state index in [1.54, 1.807) is 17.2 Å². The third-order valence-electron chi connectivity index (χ3n) is 3.92. The van der Waals surface area contributed by atoms with Gasteiger partial charge in [0.2, 0.25) is 0 Å². The number of likely N-dealkylation sites (tertiary alicyclic amines) is 1. The Hall–Kier alpha value is -1.98. The van der Waals surface area contributed by atoms with E-state index >= 15 is 0 Å². The van der Waals surface area contributed by atoms with Crippen LogP contribution in [0.3, 0.4) is 0 Å². The van der Waals surface area contributed by atoms with Crippen molar-refractivity contribution in [3.8, 4) is 0 Å². The number of hydrogen-bond acceptors (Lipinski definition) is 3. The lowest BCUT2D eigenvalue weighted by Gasteiger charge is -2.29. The maximum absolute atomic E-state index is 12.6. The second-order valence-electron chi connectivity index (χ2n) is 5.41. The zero-order valence-electron chi connectivity index (χ0n) is 11.2. The van der Waals surface area contributed by atoms with E-state index in [4.69, 9.17) is 4.42 Å². The molecule has 1 aromatic heterocycles. The number of carbonyl (C=O) groups excluding carboxylic acids is 1. The van der Waals surface area contributed by atoms with Crippen LogP contribution in [0.2, 0.25) is 0 Å². The fourth-order valence-electron chi connectivity index (χ4n) is 2.73. The minimum absolute atomic E-state index is 0.172. The van der Waals surface area contributed by atoms with Gasteiger partial charge in [-0.25, -0.2) is 9.59 Å². The van der Waals surface area contributed by atoms with E-state index in [1.807, 2.05) is 6.07 Å². The Kier molecular flexibility index (Phi) is 3.38. The second-order valence-corrected chi connectivity index (χ2v) is 5.41. The van der Waals surface area contributed by atoms with Crippen molar-refractivity contribution in [2.24, 2.45) is 0 Å². The Morgan fingerprint density at radius 1 is 1.40 bits per heavy atom. The van der Waals surface area contributed by atoms with E-state index in [-0.39, 0.29) is 12.1 Å². The summed E-state index contributed by atoms with van der Waals surface area (Å²) >= 11 is 0. The van der Waals surface area contributed by atoms with Gasteiger partial charge in [-0.3, -0.25) is 0 Å². The van der Waals surface area contributed by atoms with Gasteiger partial charge in [0.1, 0.15) is 11.8 Å². The minimum atomic E-state index is -0.912. The van der Waals surface area contributed by atoms with Crippen LogP contribution < -0.4 is 0 Å². The lowest BCUT2D eigenvalue weighted by atomic mass is 10.2. The standard InChI is InChI=1S/C14H18N2O4/c17-13(18)12-4-1-7-15(12)14(19)16(10-5-6-10)9-11-3-2-8-20-11/h2-3,8,10,12H,1,4-7,9H2,(H,17,18)/t12-/m1/s1. The molecule has 0 bridgehead atoms. The number of nitrogens with zero attached hydrogens (tertiary/aromatic N) is 2. The first-order valence-electron chi connectivity index (χ1n) is 6.99. The molecule has 1 atom stereocenters. The number of hydrogen-bond donors (Lipinski definition) is 1. The zero-order valence-corrected chi connectivity index (χ0v) is 11.2. The fourth-order valence-corrected chi connectivity index (χ4v) is 2.73. The lowest BCUT2D eigenvalue weighted by Crippen LogP contribution is -2.48. The maximum atomic E-state index is 12.6. The molecule has 2 fully saturated rings. The second kappa shape index (κ2) is 5.19. The van der Waals surface area contributed by atoms with E-state index in [0.29, 0.717) is 19.5 Å². The van der Waals surface area contributed by atoms with Crippen molar-refractivity contribution < 1.29 is 19.1 Å². The summed E-state index contributed by atoms with van der Waals surface area (Å²) in [5, 5.41) is 9.19. The normalized spacial score (nSPS) is 22.0. The molecule has 108 valence electrons. The summed E-state index contributed by atoms with van der Waals surface area (Å²) in [6, 6.07) is 3.00. The largest absolute Gasteiger partial charge is 0.480 e. The monoisotopic (exact) mass is 278 g/mol. The van der Waals surface area contributed by atoms with Gasteiger partial charge in [-0.05, 0) is 37.8 Å². The summed E-state index contributed by atoms with van der Waals surface area (Å²) in [6.45, 7) is 0.941. The predicted octanol–water partition coefficient (Wildman–Crippen LogP) is 1.91. The summed E-state index contributed by atoms with van der Waals surface area (Å²) in [5.41, 5.74) is 0. The SMILES string of the molecule is O=C(O)[C@H]1CCCN1C(=O)N(Cc1ccco1)C1CC1. The molecule has 3 rings (SSSR count). The van der Waals surface area contributed by atoms with Gasteiger partial charge in [0.15, 0.2) is 0 Å². The molecule has 1 aliphatic carbocycles. The Balaban J connectivity index is 1.73. The Labute approximate surface area is 117 Å². The lowest BCUT2D eigenvalue weighted by molar-refractivity contribution is -0.141. The van der Waals surface area contributed by atoms with E-state index in [1.165, 1.54) is 4.90 Å². The summed E-state index contributed by atoms with van der Waals surface area (Å²) in [6.07, 6.45) is 4.85. The van der Waals surface area contributed by atoms with Crippen molar-refractivity contribution in [1.29, 1.82) is 0 Å². The molecule has 0 radical (unpaired) electrons. The highest BCUT2D eigenvalue weighted by Gasteiger charge is 2.41. The number of carbonyl (C=O) groups is 2. The number of amides is 2. The van der Waals surface area contributed by atoms with Gasteiger partial charge in [0.05, 0.1) is 12.8 Å². The first-order chi connectivity index (χ1) is 9.66. The molecule has 0 aromatic carbocycles. The highest BCUT2D eigenvalue weighted by molar-refractivity contribution is 5.83. The molecule has 6 nitrogen and oxygen atoms in total. The van der Waals surface area contributed by atoms with E-state index in [0.717, 1.165) is 25.0 Å². The Morgan fingerprint density at radius 3 is 2.80 bits per heavy atom. The average Bonchev–Trinajstić information content (AvgIpc) is 2.95. The summed E-state index contributed by atoms with van der Waals surface area (Å²) in [5.74, 6) is -0.180.